The second kappa shape index (κ2) is 12.7. The maximum Gasteiger partial charge on any atom is 0.0681 e. The number of benzene rings is 4. The molecule has 0 saturated heterocycles. The lowest BCUT2D eigenvalue weighted by molar-refractivity contribution is 0.281. The zero-order valence-corrected chi connectivity index (χ0v) is 21.4. The highest BCUT2D eigenvalue weighted by Gasteiger charge is 1.99. The standard InChI is InChI=1S/C34H33NO2/c1-35(2)34-19-17-28(18-20-34)9-16-33-22-31(14-7-26-3-10-29(24-36)11-4-26)21-32(23-33)15-8-27-5-12-30(25-37)13-6-27/h3-23,36-37H,24-25H2,1-2H3/b14-7+,15-8+,16-9+. The van der Waals surface area contributed by atoms with E-state index in [9.17, 15) is 10.2 Å². The average Bonchev–Trinajstić information content (AvgIpc) is 2.94. The van der Waals surface area contributed by atoms with E-state index in [1.165, 1.54) is 5.69 Å². The van der Waals surface area contributed by atoms with Crippen LogP contribution in [0.5, 0.6) is 0 Å². The van der Waals surface area contributed by atoms with Crippen molar-refractivity contribution in [3.8, 4) is 0 Å². The van der Waals surface area contributed by atoms with Gasteiger partial charge in [0.25, 0.3) is 0 Å². The van der Waals surface area contributed by atoms with Crippen molar-refractivity contribution in [3.63, 3.8) is 0 Å². The van der Waals surface area contributed by atoms with Crippen LogP contribution in [0.3, 0.4) is 0 Å². The summed E-state index contributed by atoms with van der Waals surface area (Å²) in [7, 11) is 4.09. The Morgan fingerprint density at radius 2 is 0.757 bits per heavy atom. The maximum atomic E-state index is 9.28. The normalized spacial score (nSPS) is 11.7. The minimum atomic E-state index is 0.0503. The van der Waals surface area contributed by atoms with Crippen molar-refractivity contribution < 1.29 is 10.2 Å². The molecule has 4 aromatic rings. The Balaban J connectivity index is 1.61. The SMILES string of the molecule is CN(C)c1ccc(/C=C/c2cc(/C=C/c3ccc(CO)cc3)cc(/C=C/c3ccc(CO)cc3)c2)cc1. The molecule has 0 fully saturated rings. The second-order valence-corrected chi connectivity index (χ2v) is 9.22. The first-order chi connectivity index (χ1) is 18.0. The Labute approximate surface area is 220 Å². The van der Waals surface area contributed by atoms with Crippen LogP contribution in [0.1, 0.15) is 44.5 Å². The molecule has 0 aliphatic rings. The molecule has 0 bridgehead atoms. The van der Waals surface area contributed by atoms with Gasteiger partial charge in [-0.25, -0.2) is 0 Å². The Morgan fingerprint density at radius 3 is 1.05 bits per heavy atom. The molecule has 0 radical (unpaired) electrons. The van der Waals surface area contributed by atoms with Crippen LogP contribution in [0.2, 0.25) is 0 Å². The fourth-order valence-electron chi connectivity index (χ4n) is 3.92. The fraction of sp³-hybridized carbons (Fsp3) is 0.118. The summed E-state index contributed by atoms with van der Waals surface area (Å²) in [5.74, 6) is 0. The van der Waals surface area contributed by atoms with Crippen molar-refractivity contribution >= 4 is 42.1 Å². The molecule has 0 amide bonds. The number of aliphatic hydroxyl groups is 2. The van der Waals surface area contributed by atoms with E-state index in [0.29, 0.717) is 0 Å². The van der Waals surface area contributed by atoms with Crippen molar-refractivity contribution in [2.24, 2.45) is 0 Å². The van der Waals surface area contributed by atoms with Gasteiger partial charge in [0.15, 0.2) is 0 Å². The largest absolute Gasteiger partial charge is 0.392 e. The predicted octanol–water partition coefficient (Wildman–Crippen LogP) is 7.25. The molecule has 3 heteroatoms. The molecule has 0 heterocycles. The average molecular weight is 488 g/mol. The van der Waals surface area contributed by atoms with Gasteiger partial charge in [-0.1, -0.05) is 97.1 Å². The first-order valence-electron chi connectivity index (χ1n) is 12.4. The fourth-order valence-corrected chi connectivity index (χ4v) is 3.92. The first kappa shape index (κ1) is 25.9. The molecule has 2 N–H and O–H groups in total. The van der Waals surface area contributed by atoms with Gasteiger partial charge >= 0.3 is 0 Å². The molecule has 186 valence electrons. The zero-order chi connectivity index (χ0) is 26.0. The molecule has 0 atom stereocenters. The third kappa shape index (κ3) is 7.65. The predicted molar refractivity (Wildman–Crippen MR) is 159 cm³/mol. The van der Waals surface area contributed by atoms with Gasteiger partial charge in [0.1, 0.15) is 0 Å². The van der Waals surface area contributed by atoms with E-state index in [1.807, 2.05) is 62.6 Å². The van der Waals surface area contributed by atoms with E-state index in [2.05, 4.69) is 83.8 Å². The third-order valence-corrected chi connectivity index (χ3v) is 6.14. The topological polar surface area (TPSA) is 43.7 Å². The smallest absolute Gasteiger partial charge is 0.0681 e. The van der Waals surface area contributed by atoms with E-state index >= 15 is 0 Å². The molecule has 4 rings (SSSR count). The summed E-state index contributed by atoms with van der Waals surface area (Å²) >= 11 is 0. The molecular weight excluding hydrogens is 454 g/mol. The highest BCUT2D eigenvalue weighted by Crippen LogP contribution is 2.20. The van der Waals surface area contributed by atoms with Crippen LogP contribution in [0.4, 0.5) is 5.69 Å². The Bertz CT molecular complexity index is 1300. The molecule has 0 spiro atoms. The minimum Gasteiger partial charge on any atom is -0.392 e. The second-order valence-electron chi connectivity index (χ2n) is 9.22. The number of rotatable bonds is 9. The summed E-state index contributed by atoms with van der Waals surface area (Å²) in [4.78, 5) is 2.09. The summed E-state index contributed by atoms with van der Waals surface area (Å²) in [6, 6.07) is 30.8. The monoisotopic (exact) mass is 487 g/mol. The van der Waals surface area contributed by atoms with Crippen LogP contribution < -0.4 is 4.90 Å². The van der Waals surface area contributed by atoms with Gasteiger partial charge in [-0.15, -0.1) is 0 Å². The number of anilines is 1. The van der Waals surface area contributed by atoms with E-state index in [0.717, 1.165) is 44.5 Å². The molecule has 0 aromatic heterocycles. The quantitative estimate of drug-likeness (QED) is 0.244. The van der Waals surface area contributed by atoms with Crippen molar-refractivity contribution in [2.75, 3.05) is 19.0 Å². The van der Waals surface area contributed by atoms with Gasteiger partial charge in [-0.3, -0.25) is 0 Å². The van der Waals surface area contributed by atoms with Crippen molar-refractivity contribution in [2.45, 2.75) is 13.2 Å². The van der Waals surface area contributed by atoms with Gasteiger partial charge in [0.05, 0.1) is 13.2 Å². The summed E-state index contributed by atoms with van der Waals surface area (Å²) in [5, 5.41) is 18.6. The van der Waals surface area contributed by atoms with Crippen LogP contribution in [0, 0.1) is 0 Å². The Hall–Kier alpha value is -4.18. The lowest BCUT2D eigenvalue weighted by Gasteiger charge is -2.11. The molecule has 0 saturated carbocycles. The minimum absolute atomic E-state index is 0.0503. The highest BCUT2D eigenvalue weighted by atomic mass is 16.3. The molecule has 0 unspecified atom stereocenters. The summed E-state index contributed by atoms with van der Waals surface area (Å²) in [6.07, 6.45) is 12.7. The molecule has 0 aliphatic heterocycles. The third-order valence-electron chi connectivity index (χ3n) is 6.14. The molecular formula is C34H33NO2. The summed E-state index contributed by atoms with van der Waals surface area (Å²) in [5.41, 5.74) is 9.63. The first-order valence-corrected chi connectivity index (χ1v) is 12.4. The van der Waals surface area contributed by atoms with Gasteiger partial charge in [0.2, 0.25) is 0 Å². The van der Waals surface area contributed by atoms with Crippen LogP contribution in [-0.2, 0) is 13.2 Å². The maximum absolute atomic E-state index is 9.28. The van der Waals surface area contributed by atoms with Gasteiger partial charge in [0, 0.05) is 19.8 Å². The lowest BCUT2D eigenvalue weighted by Crippen LogP contribution is -2.07. The van der Waals surface area contributed by atoms with Gasteiger partial charge in [-0.2, -0.15) is 0 Å². The van der Waals surface area contributed by atoms with Crippen LogP contribution >= 0.6 is 0 Å². The number of hydrogen-bond donors (Lipinski definition) is 2. The molecule has 0 aliphatic carbocycles. The van der Waals surface area contributed by atoms with E-state index < -0.39 is 0 Å². The van der Waals surface area contributed by atoms with Gasteiger partial charge in [-0.05, 0) is 74.8 Å². The molecule has 4 aromatic carbocycles. The van der Waals surface area contributed by atoms with Crippen LogP contribution in [-0.4, -0.2) is 24.3 Å². The molecule has 37 heavy (non-hydrogen) atoms. The Kier molecular flexibility index (Phi) is 8.88. The van der Waals surface area contributed by atoms with E-state index in [-0.39, 0.29) is 13.2 Å². The highest BCUT2D eigenvalue weighted by molar-refractivity contribution is 5.79. The van der Waals surface area contributed by atoms with E-state index in [1.54, 1.807) is 0 Å². The summed E-state index contributed by atoms with van der Waals surface area (Å²) in [6.45, 7) is 0.101. The van der Waals surface area contributed by atoms with E-state index in [4.69, 9.17) is 0 Å². The number of aliphatic hydroxyl groups excluding tert-OH is 2. The Morgan fingerprint density at radius 1 is 0.459 bits per heavy atom. The summed E-state index contributed by atoms with van der Waals surface area (Å²) < 4.78 is 0. The van der Waals surface area contributed by atoms with Gasteiger partial charge < -0.3 is 15.1 Å². The number of hydrogen-bond acceptors (Lipinski definition) is 3. The van der Waals surface area contributed by atoms with Crippen molar-refractivity contribution in [1.29, 1.82) is 0 Å². The van der Waals surface area contributed by atoms with Crippen molar-refractivity contribution in [1.82, 2.24) is 0 Å². The molecule has 3 nitrogen and oxygen atoms in total. The zero-order valence-electron chi connectivity index (χ0n) is 21.4. The number of nitrogens with zero attached hydrogens (tertiary/aromatic N) is 1. The van der Waals surface area contributed by atoms with Crippen LogP contribution in [0.15, 0.2) is 91.0 Å². The van der Waals surface area contributed by atoms with Crippen molar-refractivity contribution in [3.05, 3.63) is 136 Å². The lowest BCUT2D eigenvalue weighted by atomic mass is 10.0. The van der Waals surface area contributed by atoms with Crippen LogP contribution in [0.25, 0.3) is 36.5 Å².